The first kappa shape index (κ1) is 9.77. The van der Waals surface area contributed by atoms with Crippen LogP contribution in [0.1, 0.15) is 40.0 Å². The molecule has 14 heavy (non-hydrogen) atoms. The van der Waals surface area contributed by atoms with Gasteiger partial charge in [0.05, 0.1) is 12.5 Å². The van der Waals surface area contributed by atoms with E-state index >= 15 is 0 Å². The van der Waals surface area contributed by atoms with Crippen molar-refractivity contribution in [3.05, 3.63) is 11.6 Å². The molecular weight excluding hydrogens is 170 g/mol. The van der Waals surface area contributed by atoms with Crippen molar-refractivity contribution in [2.45, 2.75) is 40.0 Å². The Labute approximate surface area is 86.8 Å². The van der Waals surface area contributed by atoms with Gasteiger partial charge in [0.25, 0.3) is 0 Å². The van der Waals surface area contributed by atoms with E-state index in [0.717, 1.165) is 11.8 Å². The van der Waals surface area contributed by atoms with Crippen LogP contribution >= 0.6 is 0 Å². The molecule has 3 atom stereocenters. The van der Waals surface area contributed by atoms with Gasteiger partial charge < -0.3 is 0 Å². The van der Waals surface area contributed by atoms with Crippen molar-refractivity contribution < 1.29 is 0 Å². The summed E-state index contributed by atoms with van der Waals surface area (Å²) in [4.78, 5) is 0. The maximum absolute atomic E-state index is 8.62. The molecule has 2 aliphatic carbocycles. The van der Waals surface area contributed by atoms with Crippen molar-refractivity contribution in [2.24, 2.45) is 23.2 Å². The summed E-state index contributed by atoms with van der Waals surface area (Å²) in [5.41, 5.74) is 2.10. The molecular formula is C13H19N. The zero-order valence-electron chi connectivity index (χ0n) is 9.38. The standard InChI is InChI=1S/C13H19N/c1-9-6-7-11-12(13(11,2)3)10(9)5-4-8-14/h5,9,11-12H,4,6-7H2,1-3H3/t9-,11?,12-/m1/s1. The molecule has 0 aromatic carbocycles. The van der Waals surface area contributed by atoms with E-state index in [2.05, 4.69) is 32.9 Å². The average molecular weight is 189 g/mol. The Morgan fingerprint density at radius 1 is 1.50 bits per heavy atom. The monoisotopic (exact) mass is 189 g/mol. The van der Waals surface area contributed by atoms with E-state index in [1.54, 1.807) is 5.57 Å². The molecule has 2 fully saturated rings. The van der Waals surface area contributed by atoms with Crippen LogP contribution in [0.3, 0.4) is 0 Å². The van der Waals surface area contributed by atoms with Crippen molar-refractivity contribution in [3.63, 3.8) is 0 Å². The van der Waals surface area contributed by atoms with Gasteiger partial charge in [0, 0.05) is 0 Å². The number of nitrogens with zero attached hydrogens (tertiary/aromatic N) is 1. The average Bonchev–Trinajstić information content (AvgIpc) is 2.68. The minimum absolute atomic E-state index is 0.520. The largest absolute Gasteiger partial charge is 0.198 e. The summed E-state index contributed by atoms with van der Waals surface area (Å²) in [6.45, 7) is 7.06. The van der Waals surface area contributed by atoms with E-state index in [9.17, 15) is 0 Å². The van der Waals surface area contributed by atoms with Crippen molar-refractivity contribution >= 4 is 0 Å². The minimum Gasteiger partial charge on any atom is -0.198 e. The summed E-state index contributed by atoms with van der Waals surface area (Å²) >= 11 is 0. The van der Waals surface area contributed by atoms with Gasteiger partial charge in [0.15, 0.2) is 0 Å². The number of hydrogen-bond donors (Lipinski definition) is 0. The molecule has 0 heterocycles. The third kappa shape index (κ3) is 1.29. The quantitative estimate of drug-likeness (QED) is 0.579. The first-order chi connectivity index (χ1) is 6.59. The summed E-state index contributed by atoms with van der Waals surface area (Å²) in [6.07, 6.45) is 5.50. The van der Waals surface area contributed by atoms with Crippen LogP contribution in [0, 0.1) is 34.5 Å². The van der Waals surface area contributed by atoms with Crippen molar-refractivity contribution in [2.75, 3.05) is 0 Å². The van der Waals surface area contributed by atoms with Crippen LogP contribution in [0.25, 0.3) is 0 Å². The third-order valence-corrected chi connectivity index (χ3v) is 4.32. The highest BCUT2D eigenvalue weighted by atomic mass is 14.6. The Hall–Kier alpha value is -0.770. The van der Waals surface area contributed by atoms with Crippen LogP contribution < -0.4 is 0 Å². The summed E-state index contributed by atoms with van der Waals surface area (Å²) in [7, 11) is 0. The highest BCUT2D eigenvalue weighted by molar-refractivity contribution is 5.28. The predicted octanol–water partition coefficient (Wildman–Crippen LogP) is 3.53. The fourth-order valence-corrected chi connectivity index (χ4v) is 3.34. The molecule has 0 aromatic heterocycles. The molecule has 2 aliphatic rings. The van der Waals surface area contributed by atoms with E-state index in [1.165, 1.54) is 12.8 Å². The van der Waals surface area contributed by atoms with Gasteiger partial charge >= 0.3 is 0 Å². The van der Waals surface area contributed by atoms with E-state index < -0.39 is 0 Å². The molecule has 0 N–H and O–H groups in total. The molecule has 0 aromatic rings. The zero-order valence-corrected chi connectivity index (χ0v) is 9.38. The second kappa shape index (κ2) is 3.12. The van der Waals surface area contributed by atoms with Gasteiger partial charge in [-0.15, -0.1) is 0 Å². The molecule has 76 valence electrons. The minimum atomic E-state index is 0.520. The van der Waals surface area contributed by atoms with Crippen molar-refractivity contribution in [3.8, 4) is 6.07 Å². The van der Waals surface area contributed by atoms with Gasteiger partial charge in [-0.05, 0) is 36.0 Å². The van der Waals surface area contributed by atoms with Gasteiger partial charge in [-0.25, -0.2) is 0 Å². The molecule has 0 bridgehead atoms. The van der Waals surface area contributed by atoms with Crippen molar-refractivity contribution in [1.29, 1.82) is 5.26 Å². The number of rotatable bonds is 1. The topological polar surface area (TPSA) is 23.8 Å². The van der Waals surface area contributed by atoms with Gasteiger partial charge in [-0.1, -0.05) is 32.4 Å². The molecule has 0 saturated heterocycles. The first-order valence-electron chi connectivity index (χ1n) is 5.66. The Kier molecular flexibility index (Phi) is 2.18. The molecule has 0 amide bonds. The Balaban J connectivity index is 2.18. The highest BCUT2D eigenvalue weighted by Gasteiger charge is 2.60. The summed E-state index contributed by atoms with van der Waals surface area (Å²) in [5, 5.41) is 8.62. The third-order valence-electron chi connectivity index (χ3n) is 4.32. The number of fused-ring (bicyclic) bond motifs is 1. The molecule has 0 spiro atoms. The SMILES string of the molecule is C[C@@H]1CCC2[C@@H](C1=CCC#N)C2(C)C. The molecule has 1 unspecified atom stereocenters. The Morgan fingerprint density at radius 2 is 2.21 bits per heavy atom. The Bertz CT molecular complexity index is 306. The van der Waals surface area contributed by atoms with Crippen LogP contribution in [0.5, 0.6) is 0 Å². The zero-order chi connectivity index (χ0) is 10.3. The number of allylic oxidation sites excluding steroid dienone is 2. The molecule has 2 saturated carbocycles. The van der Waals surface area contributed by atoms with Gasteiger partial charge in [-0.2, -0.15) is 5.26 Å². The fraction of sp³-hybridized carbons (Fsp3) is 0.769. The fourth-order valence-electron chi connectivity index (χ4n) is 3.34. The normalized spacial score (nSPS) is 41.6. The predicted molar refractivity (Wildman–Crippen MR) is 57.5 cm³/mol. The first-order valence-corrected chi connectivity index (χ1v) is 5.66. The number of hydrogen-bond acceptors (Lipinski definition) is 1. The molecule has 0 radical (unpaired) electrons. The maximum Gasteiger partial charge on any atom is 0.0663 e. The molecule has 2 rings (SSSR count). The van der Waals surface area contributed by atoms with Gasteiger partial charge in [-0.3, -0.25) is 0 Å². The number of nitriles is 1. The lowest BCUT2D eigenvalue weighted by molar-refractivity contribution is 0.459. The highest BCUT2D eigenvalue weighted by Crippen LogP contribution is 2.67. The van der Waals surface area contributed by atoms with E-state index in [0.29, 0.717) is 17.8 Å². The second-order valence-electron chi connectivity index (χ2n) is 5.45. The van der Waals surface area contributed by atoms with Gasteiger partial charge in [0.2, 0.25) is 0 Å². The molecule has 0 aliphatic heterocycles. The smallest absolute Gasteiger partial charge is 0.0663 e. The lowest BCUT2D eigenvalue weighted by atomic mass is 9.85. The van der Waals surface area contributed by atoms with E-state index in [4.69, 9.17) is 5.26 Å². The molecule has 1 heteroatoms. The summed E-state index contributed by atoms with van der Waals surface area (Å²) in [6, 6.07) is 2.23. The summed E-state index contributed by atoms with van der Waals surface area (Å²) < 4.78 is 0. The maximum atomic E-state index is 8.62. The molecule has 1 nitrogen and oxygen atoms in total. The second-order valence-corrected chi connectivity index (χ2v) is 5.45. The summed E-state index contributed by atoms with van der Waals surface area (Å²) in [5.74, 6) is 2.41. The lowest BCUT2D eigenvalue weighted by Gasteiger charge is -2.20. The van der Waals surface area contributed by atoms with Gasteiger partial charge in [0.1, 0.15) is 0 Å². The lowest BCUT2D eigenvalue weighted by Crippen LogP contribution is -2.09. The van der Waals surface area contributed by atoms with Crippen LogP contribution in [0.2, 0.25) is 0 Å². The van der Waals surface area contributed by atoms with E-state index in [-0.39, 0.29) is 0 Å². The Morgan fingerprint density at radius 3 is 2.86 bits per heavy atom. The van der Waals surface area contributed by atoms with Crippen LogP contribution in [-0.4, -0.2) is 0 Å². The van der Waals surface area contributed by atoms with E-state index in [1.807, 2.05) is 0 Å². The van der Waals surface area contributed by atoms with Crippen LogP contribution in [0.4, 0.5) is 0 Å². The van der Waals surface area contributed by atoms with Crippen molar-refractivity contribution in [1.82, 2.24) is 0 Å². The van der Waals surface area contributed by atoms with Crippen LogP contribution in [0.15, 0.2) is 11.6 Å². The van der Waals surface area contributed by atoms with Crippen LogP contribution in [-0.2, 0) is 0 Å².